The monoisotopic (exact) mass is 248 g/mol. The molecule has 0 aliphatic heterocycles. The van der Waals surface area contributed by atoms with E-state index < -0.39 is 4.92 Å². The fourth-order valence-corrected chi connectivity index (χ4v) is 2.04. The smallest absolute Gasteiger partial charge is 0.295 e. The fourth-order valence-electron chi connectivity index (χ4n) is 2.04. The molecule has 1 aromatic carbocycles. The zero-order valence-electron chi connectivity index (χ0n) is 9.50. The molecule has 0 amide bonds. The van der Waals surface area contributed by atoms with Crippen LogP contribution in [0, 0.1) is 10.1 Å². The van der Waals surface area contributed by atoms with Crippen molar-refractivity contribution in [3.05, 3.63) is 28.3 Å². The van der Waals surface area contributed by atoms with Crippen molar-refractivity contribution >= 4 is 22.8 Å². The van der Waals surface area contributed by atoms with Gasteiger partial charge in [0.15, 0.2) is 5.58 Å². The van der Waals surface area contributed by atoms with Crippen molar-refractivity contribution in [2.24, 2.45) is 5.73 Å². The van der Waals surface area contributed by atoms with E-state index in [0.29, 0.717) is 17.1 Å². The molecule has 0 radical (unpaired) electrons. The summed E-state index contributed by atoms with van der Waals surface area (Å²) < 4.78 is 5.43. The van der Waals surface area contributed by atoms with E-state index in [1.54, 1.807) is 6.07 Å². The molecule has 1 aliphatic carbocycles. The van der Waals surface area contributed by atoms with Crippen LogP contribution >= 0.6 is 0 Å². The third kappa shape index (κ3) is 1.88. The Morgan fingerprint density at radius 2 is 2.28 bits per heavy atom. The molecule has 94 valence electrons. The van der Waals surface area contributed by atoms with E-state index in [9.17, 15) is 10.1 Å². The molecule has 0 atom stereocenters. The first-order chi connectivity index (χ1) is 8.61. The third-order valence-electron chi connectivity index (χ3n) is 3.08. The standard InChI is InChI=1S/C11H12N4O3/c12-6-3-7(4-6)13-11-14-9-2-1-8(15(16)17)5-10(9)18-11/h1-2,5-7H,3-4,12H2,(H,13,14). The van der Waals surface area contributed by atoms with Gasteiger partial charge in [-0.2, -0.15) is 4.98 Å². The Labute approximate surface area is 102 Å². The molecule has 3 N–H and O–H groups in total. The summed E-state index contributed by atoms with van der Waals surface area (Å²) in [6.45, 7) is 0. The summed E-state index contributed by atoms with van der Waals surface area (Å²) in [4.78, 5) is 14.4. The fraction of sp³-hybridized carbons (Fsp3) is 0.364. The minimum atomic E-state index is -0.458. The highest BCUT2D eigenvalue weighted by molar-refractivity contribution is 5.77. The minimum absolute atomic E-state index is 0.00383. The molecule has 0 saturated heterocycles. The number of nitro benzene ring substituents is 1. The Morgan fingerprint density at radius 3 is 2.94 bits per heavy atom. The van der Waals surface area contributed by atoms with Crippen molar-refractivity contribution in [3.8, 4) is 0 Å². The number of nitro groups is 1. The van der Waals surface area contributed by atoms with Gasteiger partial charge in [-0.15, -0.1) is 0 Å². The molecule has 0 bridgehead atoms. The Bertz CT molecular complexity index is 603. The van der Waals surface area contributed by atoms with E-state index in [1.807, 2.05) is 0 Å². The molecule has 1 aromatic heterocycles. The summed E-state index contributed by atoms with van der Waals surface area (Å²) in [5, 5.41) is 13.8. The van der Waals surface area contributed by atoms with Crippen LogP contribution in [-0.4, -0.2) is 22.0 Å². The van der Waals surface area contributed by atoms with Gasteiger partial charge in [0, 0.05) is 18.2 Å². The van der Waals surface area contributed by atoms with Gasteiger partial charge in [0.05, 0.1) is 11.0 Å². The second-order valence-electron chi connectivity index (χ2n) is 4.50. The van der Waals surface area contributed by atoms with Gasteiger partial charge < -0.3 is 15.5 Å². The number of non-ortho nitro benzene ring substituents is 1. The van der Waals surface area contributed by atoms with Crippen LogP contribution in [0.2, 0.25) is 0 Å². The maximum Gasteiger partial charge on any atom is 0.295 e. The number of nitrogens with two attached hydrogens (primary N) is 1. The van der Waals surface area contributed by atoms with Gasteiger partial charge in [0.25, 0.3) is 11.7 Å². The molecule has 1 saturated carbocycles. The minimum Gasteiger partial charge on any atom is -0.423 e. The SMILES string of the molecule is NC1CC(Nc2nc3ccc([N+](=O)[O-])cc3o2)C1. The molecule has 7 nitrogen and oxygen atoms in total. The highest BCUT2D eigenvalue weighted by atomic mass is 16.6. The number of nitrogens with zero attached hydrogens (tertiary/aromatic N) is 2. The first kappa shape index (κ1) is 11.0. The zero-order chi connectivity index (χ0) is 12.7. The quantitative estimate of drug-likeness (QED) is 0.631. The molecule has 1 fully saturated rings. The van der Waals surface area contributed by atoms with Crippen molar-refractivity contribution in [1.29, 1.82) is 0 Å². The number of nitrogens with one attached hydrogen (secondary N) is 1. The lowest BCUT2D eigenvalue weighted by atomic mass is 9.88. The van der Waals surface area contributed by atoms with E-state index in [2.05, 4.69) is 10.3 Å². The lowest BCUT2D eigenvalue weighted by Crippen LogP contribution is -2.44. The molecule has 0 unspecified atom stereocenters. The number of hydrogen-bond donors (Lipinski definition) is 2. The topological polar surface area (TPSA) is 107 Å². The molecule has 0 spiro atoms. The number of benzene rings is 1. The summed E-state index contributed by atoms with van der Waals surface area (Å²) in [5.41, 5.74) is 6.70. The second kappa shape index (κ2) is 3.95. The number of rotatable bonds is 3. The van der Waals surface area contributed by atoms with E-state index in [1.165, 1.54) is 12.1 Å². The Hall–Kier alpha value is -2.15. The van der Waals surface area contributed by atoms with E-state index in [4.69, 9.17) is 10.2 Å². The molecule has 2 aromatic rings. The predicted molar refractivity (Wildman–Crippen MR) is 65.3 cm³/mol. The largest absolute Gasteiger partial charge is 0.423 e. The van der Waals surface area contributed by atoms with Gasteiger partial charge in [-0.1, -0.05) is 0 Å². The van der Waals surface area contributed by atoms with E-state index in [-0.39, 0.29) is 17.8 Å². The van der Waals surface area contributed by atoms with Gasteiger partial charge in [0.2, 0.25) is 0 Å². The molecular weight excluding hydrogens is 236 g/mol. The van der Waals surface area contributed by atoms with Crippen molar-refractivity contribution in [3.63, 3.8) is 0 Å². The molecule has 18 heavy (non-hydrogen) atoms. The Kier molecular flexibility index (Phi) is 2.41. The van der Waals surface area contributed by atoms with Crippen LogP contribution < -0.4 is 11.1 Å². The van der Waals surface area contributed by atoms with E-state index in [0.717, 1.165) is 12.8 Å². The highest BCUT2D eigenvalue weighted by Crippen LogP contribution is 2.27. The highest BCUT2D eigenvalue weighted by Gasteiger charge is 2.27. The molecule has 1 heterocycles. The maximum absolute atomic E-state index is 10.6. The summed E-state index contributed by atoms with van der Waals surface area (Å²) in [7, 11) is 0. The van der Waals surface area contributed by atoms with E-state index >= 15 is 0 Å². The van der Waals surface area contributed by atoms with Crippen LogP contribution in [-0.2, 0) is 0 Å². The Balaban J connectivity index is 1.84. The second-order valence-corrected chi connectivity index (χ2v) is 4.50. The predicted octanol–water partition coefficient (Wildman–Crippen LogP) is 1.64. The van der Waals surface area contributed by atoms with Crippen LogP contribution in [0.1, 0.15) is 12.8 Å². The van der Waals surface area contributed by atoms with Crippen LogP contribution in [0.4, 0.5) is 11.7 Å². The lowest BCUT2D eigenvalue weighted by molar-refractivity contribution is -0.384. The summed E-state index contributed by atoms with van der Waals surface area (Å²) in [6.07, 6.45) is 1.78. The molecule has 3 rings (SSSR count). The number of anilines is 1. The van der Waals surface area contributed by atoms with Crippen LogP contribution in [0.25, 0.3) is 11.1 Å². The third-order valence-corrected chi connectivity index (χ3v) is 3.08. The zero-order valence-corrected chi connectivity index (χ0v) is 9.50. The van der Waals surface area contributed by atoms with Gasteiger partial charge >= 0.3 is 0 Å². The summed E-state index contributed by atoms with van der Waals surface area (Å²) in [5.74, 6) is 0. The summed E-state index contributed by atoms with van der Waals surface area (Å²) in [6, 6.07) is 5.28. The normalized spacial score (nSPS) is 22.7. The molecule has 1 aliphatic rings. The van der Waals surface area contributed by atoms with Crippen molar-refractivity contribution in [2.45, 2.75) is 24.9 Å². The first-order valence-corrected chi connectivity index (χ1v) is 5.69. The maximum atomic E-state index is 10.6. The van der Waals surface area contributed by atoms with Crippen molar-refractivity contribution in [2.75, 3.05) is 5.32 Å². The first-order valence-electron chi connectivity index (χ1n) is 5.69. The molecule has 7 heteroatoms. The van der Waals surface area contributed by atoms with Gasteiger partial charge in [0.1, 0.15) is 5.52 Å². The molecular formula is C11H12N4O3. The average molecular weight is 248 g/mol. The number of oxazole rings is 1. The van der Waals surface area contributed by atoms with Crippen LogP contribution in [0.15, 0.2) is 22.6 Å². The average Bonchev–Trinajstić information content (AvgIpc) is 2.67. The van der Waals surface area contributed by atoms with Crippen LogP contribution in [0.5, 0.6) is 0 Å². The van der Waals surface area contributed by atoms with Crippen molar-refractivity contribution in [1.82, 2.24) is 4.98 Å². The van der Waals surface area contributed by atoms with Crippen molar-refractivity contribution < 1.29 is 9.34 Å². The van der Waals surface area contributed by atoms with Gasteiger partial charge in [-0.25, -0.2) is 0 Å². The van der Waals surface area contributed by atoms with Gasteiger partial charge in [-0.05, 0) is 18.9 Å². The Morgan fingerprint density at radius 1 is 1.50 bits per heavy atom. The number of hydrogen-bond acceptors (Lipinski definition) is 6. The number of aromatic nitrogens is 1. The van der Waals surface area contributed by atoms with Crippen LogP contribution in [0.3, 0.4) is 0 Å². The van der Waals surface area contributed by atoms with Gasteiger partial charge in [-0.3, -0.25) is 10.1 Å². The number of fused-ring (bicyclic) bond motifs is 1. The lowest BCUT2D eigenvalue weighted by Gasteiger charge is -2.32. The summed E-state index contributed by atoms with van der Waals surface area (Å²) >= 11 is 0.